The second-order valence-corrected chi connectivity index (χ2v) is 7.27. The summed E-state index contributed by atoms with van der Waals surface area (Å²) < 4.78 is 11.8. The molecule has 1 N–H and O–H groups in total. The number of nitrogens with one attached hydrogen (secondary N) is 1. The first-order valence-corrected chi connectivity index (χ1v) is 7.84. The van der Waals surface area contributed by atoms with Crippen LogP contribution in [-0.2, 0) is 14.9 Å². The summed E-state index contributed by atoms with van der Waals surface area (Å²) in [6, 6.07) is 6.12. The first kappa shape index (κ1) is 15.7. The minimum atomic E-state index is -0.975. The smallest absolute Gasteiger partial charge is 0.237 e. The number of allylic oxidation sites excluding steroid dienone is 2. The van der Waals surface area contributed by atoms with Crippen LogP contribution in [-0.4, -0.2) is 11.5 Å². The maximum atomic E-state index is 12.2. The highest BCUT2D eigenvalue weighted by Crippen LogP contribution is 2.45. The molecule has 1 aromatic rings. The SMILES string of the molecule is CC(=O)C1=C(C)OC(C)=C[C@@]12Nc1cc(C(C)(C)C)ccc1O2. The first-order valence-electron chi connectivity index (χ1n) is 7.84. The van der Waals surface area contributed by atoms with Crippen molar-refractivity contribution in [2.75, 3.05) is 5.32 Å². The van der Waals surface area contributed by atoms with Crippen LogP contribution in [0.2, 0.25) is 0 Å². The number of carbonyl (C=O) groups is 1. The van der Waals surface area contributed by atoms with Crippen LogP contribution in [0, 0.1) is 0 Å². The Bertz CT molecular complexity index is 752. The molecule has 4 heteroatoms. The van der Waals surface area contributed by atoms with Crippen molar-refractivity contribution < 1.29 is 14.3 Å². The molecular weight excluding hydrogens is 290 g/mol. The van der Waals surface area contributed by atoms with E-state index in [-0.39, 0.29) is 11.2 Å². The van der Waals surface area contributed by atoms with Gasteiger partial charge >= 0.3 is 0 Å². The summed E-state index contributed by atoms with van der Waals surface area (Å²) >= 11 is 0. The Hall–Kier alpha value is -2.23. The van der Waals surface area contributed by atoms with Gasteiger partial charge in [-0.15, -0.1) is 0 Å². The molecule has 0 unspecified atom stereocenters. The fraction of sp³-hybridized carbons (Fsp3) is 0.421. The molecule has 0 aliphatic carbocycles. The first-order chi connectivity index (χ1) is 10.6. The zero-order chi connectivity index (χ0) is 17.0. The minimum absolute atomic E-state index is 0.0447. The van der Waals surface area contributed by atoms with Gasteiger partial charge in [-0.05, 0) is 43.9 Å². The fourth-order valence-corrected chi connectivity index (χ4v) is 3.21. The van der Waals surface area contributed by atoms with Gasteiger partial charge < -0.3 is 14.8 Å². The molecule has 0 radical (unpaired) electrons. The Morgan fingerprint density at radius 1 is 1.22 bits per heavy atom. The number of Topliss-reactive ketones (excluding diaryl/α,β-unsaturated/α-hetero) is 1. The molecule has 2 heterocycles. The molecule has 4 nitrogen and oxygen atoms in total. The molecule has 0 fully saturated rings. The molecule has 2 aliphatic rings. The number of ketones is 1. The van der Waals surface area contributed by atoms with Gasteiger partial charge in [-0.2, -0.15) is 0 Å². The van der Waals surface area contributed by atoms with Crippen LogP contribution in [0.3, 0.4) is 0 Å². The van der Waals surface area contributed by atoms with Crippen molar-refractivity contribution >= 4 is 11.5 Å². The van der Waals surface area contributed by atoms with E-state index in [2.05, 4.69) is 38.2 Å². The lowest BCUT2D eigenvalue weighted by Gasteiger charge is -2.32. The van der Waals surface area contributed by atoms with E-state index in [4.69, 9.17) is 9.47 Å². The van der Waals surface area contributed by atoms with E-state index < -0.39 is 5.72 Å². The number of hydrogen-bond acceptors (Lipinski definition) is 4. The summed E-state index contributed by atoms with van der Waals surface area (Å²) in [4.78, 5) is 12.2. The monoisotopic (exact) mass is 313 g/mol. The standard InChI is InChI=1S/C19H23NO3/c1-11-10-19(17(12(2)21)13(3)22-11)20-15-9-14(18(4,5)6)7-8-16(15)23-19/h7-10,20H,1-6H3/t19-/m0/s1. The number of rotatable bonds is 1. The van der Waals surface area contributed by atoms with Crippen molar-refractivity contribution in [3.8, 4) is 5.75 Å². The quantitative estimate of drug-likeness (QED) is 0.840. The van der Waals surface area contributed by atoms with Crippen molar-refractivity contribution in [3.63, 3.8) is 0 Å². The third kappa shape index (κ3) is 2.52. The van der Waals surface area contributed by atoms with Crippen molar-refractivity contribution in [1.29, 1.82) is 0 Å². The van der Waals surface area contributed by atoms with Crippen LogP contribution in [0.25, 0.3) is 0 Å². The summed E-state index contributed by atoms with van der Waals surface area (Å²) in [7, 11) is 0. The third-order valence-electron chi connectivity index (χ3n) is 4.23. The molecule has 0 aromatic heterocycles. The zero-order valence-corrected chi connectivity index (χ0v) is 14.5. The zero-order valence-electron chi connectivity index (χ0n) is 14.5. The van der Waals surface area contributed by atoms with E-state index in [1.54, 1.807) is 6.92 Å². The number of carbonyl (C=O) groups excluding carboxylic acids is 1. The number of hydrogen-bond donors (Lipinski definition) is 1. The predicted octanol–water partition coefficient (Wildman–Crippen LogP) is 4.28. The van der Waals surface area contributed by atoms with Gasteiger partial charge in [-0.1, -0.05) is 26.8 Å². The van der Waals surface area contributed by atoms with E-state index in [1.807, 2.05) is 19.1 Å². The highest BCUT2D eigenvalue weighted by molar-refractivity contribution is 5.98. The molecule has 23 heavy (non-hydrogen) atoms. The topological polar surface area (TPSA) is 47.6 Å². The van der Waals surface area contributed by atoms with Crippen molar-refractivity contribution in [2.24, 2.45) is 0 Å². The summed E-state index contributed by atoms with van der Waals surface area (Å²) in [5.74, 6) is 1.97. The van der Waals surface area contributed by atoms with Gasteiger partial charge in [0.25, 0.3) is 0 Å². The maximum Gasteiger partial charge on any atom is 0.237 e. The highest BCUT2D eigenvalue weighted by atomic mass is 16.5. The molecule has 0 saturated carbocycles. The predicted molar refractivity (Wildman–Crippen MR) is 90.3 cm³/mol. The normalized spacial score (nSPS) is 23.0. The van der Waals surface area contributed by atoms with Crippen molar-refractivity contribution in [2.45, 2.75) is 52.7 Å². The van der Waals surface area contributed by atoms with Gasteiger partial charge in [-0.3, -0.25) is 4.79 Å². The molecule has 122 valence electrons. The Kier molecular flexibility index (Phi) is 3.32. The van der Waals surface area contributed by atoms with Gasteiger partial charge in [0.2, 0.25) is 5.72 Å². The van der Waals surface area contributed by atoms with Gasteiger partial charge in [-0.25, -0.2) is 0 Å². The molecule has 1 spiro atoms. The minimum Gasteiger partial charge on any atom is -0.466 e. The van der Waals surface area contributed by atoms with E-state index >= 15 is 0 Å². The lowest BCUT2D eigenvalue weighted by atomic mass is 9.87. The molecule has 0 saturated heterocycles. The molecule has 1 atom stereocenters. The lowest BCUT2D eigenvalue weighted by Crippen LogP contribution is -2.45. The number of fused-ring (bicyclic) bond motifs is 1. The summed E-state index contributed by atoms with van der Waals surface area (Å²) in [5.41, 5.74) is 1.69. The summed E-state index contributed by atoms with van der Waals surface area (Å²) in [5, 5.41) is 3.40. The molecule has 2 aliphatic heterocycles. The summed E-state index contributed by atoms with van der Waals surface area (Å²) in [6.07, 6.45) is 1.83. The van der Waals surface area contributed by atoms with Crippen molar-refractivity contribution in [3.05, 3.63) is 46.9 Å². The van der Waals surface area contributed by atoms with Crippen LogP contribution in [0.5, 0.6) is 5.75 Å². The average Bonchev–Trinajstić information content (AvgIpc) is 2.72. The van der Waals surface area contributed by atoms with Gasteiger partial charge in [0, 0.05) is 6.08 Å². The highest BCUT2D eigenvalue weighted by Gasteiger charge is 2.47. The Labute approximate surface area is 137 Å². The Morgan fingerprint density at radius 2 is 1.91 bits per heavy atom. The van der Waals surface area contributed by atoms with E-state index in [0.717, 1.165) is 11.4 Å². The van der Waals surface area contributed by atoms with Gasteiger partial charge in [0.15, 0.2) is 5.78 Å². The van der Waals surface area contributed by atoms with Crippen LogP contribution in [0.15, 0.2) is 41.4 Å². The van der Waals surface area contributed by atoms with E-state index in [9.17, 15) is 4.79 Å². The number of benzene rings is 1. The van der Waals surface area contributed by atoms with Crippen molar-refractivity contribution in [1.82, 2.24) is 0 Å². The second-order valence-electron chi connectivity index (χ2n) is 7.27. The summed E-state index contributed by atoms with van der Waals surface area (Å²) in [6.45, 7) is 11.7. The number of ether oxygens (including phenoxy) is 2. The largest absolute Gasteiger partial charge is 0.466 e. The van der Waals surface area contributed by atoms with E-state index in [0.29, 0.717) is 17.1 Å². The third-order valence-corrected chi connectivity index (χ3v) is 4.23. The number of anilines is 1. The lowest BCUT2D eigenvalue weighted by molar-refractivity contribution is -0.115. The van der Waals surface area contributed by atoms with E-state index in [1.165, 1.54) is 12.5 Å². The van der Waals surface area contributed by atoms with Gasteiger partial charge in [0.05, 0.1) is 5.69 Å². The maximum absolute atomic E-state index is 12.2. The molecule has 0 amide bonds. The molecule has 3 rings (SSSR count). The fourth-order valence-electron chi connectivity index (χ4n) is 3.21. The average molecular weight is 313 g/mol. The Balaban J connectivity index is 2.08. The van der Waals surface area contributed by atoms with Crippen LogP contribution >= 0.6 is 0 Å². The Morgan fingerprint density at radius 3 is 2.52 bits per heavy atom. The molecule has 1 aromatic carbocycles. The molecule has 0 bridgehead atoms. The van der Waals surface area contributed by atoms with Crippen LogP contribution in [0.1, 0.15) is 47.1 Å². The molecular formula is C19H23NO3. The van der Waals surface area contributed by atoms with Gasteiger partial charge in [0.1, 0.15) is 22.8 Å². The van der Waals surface area contributed by atoms with Crippen LogP contribution < -0.4 is 10.1 Å². The van der Waals surface area contributed by atoms with Crippen LogP contribution in [0.4, 0.5) is 5.69 Å². The second kappa shape index (κ2) is 4.88.